The van der Waals surface area contributed by atoms with Gasteiger partial charge in [0.1, 0.15) is 0 Å². The van der Waals surface area contributed by atoms with Crippen molar-refractivity contribution in [1.29, 1.82) is 0 Å². The summed E-state index contributed by atoms with van der Waals surface area (Å²) in [7, 11) is 0. The second-order valence-electron chi connectivity index (χ2n) is 7.85. The number of halogens is 2. The molecular weight excluding hydrogens is 302 g/mol. The molecule has 4 aliphatic heterocycles. The number of piperidine rings is 1. The van der Waals surface area contributed by atoms with Crippen molar-refractivity contribution >= 4 is 5.97 Å². The molecule has 1 saturated carbocycles. The summed E-state index contributed by atoms with van der Waals surface area (Å²) in [6, 6.07) is 0.602. The molecule has 4 heterocycles. The maximum Gasteiger partial charge on any atom is 0.331 e. The molecule has 5 aliphatic rings. The molecule has 1 spiro atoms. The van der Waals surface area contributed by atoms with Gasteiger partial charge in [-0.2, -0.15) is 0 Å². The largest absolute Gasteiger partial charge is 0.450 e. The van der Waals surface area contributed by atoms with Gasteiger partial charge in [-0.15, -0.1) is 0 Å². The van der Waals surface area contributed by atoms with E-state index in [-0.39, 0.29) is 37.1 Å². The van der Waals surface area contributed by atoms with Crippen LogP contribution in [0.15, 0.2) is 11.6 Å². The van der Waals surface area contributed by atoms with Crippen LogP contribution in [0.5, 0.6) is 0 Å². The van der Waals surface area contributed by atoms with E-state index < -0.39 is 11.5 Å². The fourth-order valence-electron chi connectivity index (χ4n) is 5.78. The number of ether oxygens (including phenoxy) is 1. The van der Waals surface area contributed by atoms with Crippen LogP contribution in [-0.2, 0) is 9.53 Å². The Labute approximate surface area is 134 Å². The average Bonchev–Trinajstić information content (AvgIpc) is 3.12. The lowest BCUT2D eigenvalue weighted by atomic mass is 9.75. The van der Waals surface area contributed by atoms with Gasteiger partial charge in [0.05, 0.1) is 12.6 Å². The Morgan fingerprint density at radius 1 is 1.22 bits per heavy atom. The van der Waals surface area contributed by atoms with Crippen LogP contribution in [0.3, 0.4) is 0 Å². The molecule has 23 heavy (non-hydrogen) atoms. The highest BCUT2D eigenvalue weighted by molar-refractivity contribution is 5.87. The molecule has 2 bridgehead atoms. The minimum atomic E-state index is -2.56. The van der Waals surface area contributed by atoms with Crippen molar-refractivity contribution in [2.24, 2.45) is 0 Å². The summed E-state index contributed by atoms with van der Waals surface area (Å²) in [6.07, 6.45) is 6.46. The fourth-order valence-corrected chi connectivity index (χ4v) is 5.78. The van der Waals surface area contributed by atoms with E-state index in [2.05, 4.69) is 4.90 Å². The van der Waals surface area contributed by atoms with Crippen molar-refractivity contribution in [3.05, 3.63) is 11.6 Å². The number of rotatable bonds is 1. The van der Waals surface area contributed by atoms with E-state index in [1.54, 1.807) is 6.08 Å². The maximum atomic E-state index is 13.7. The van der Waals surface area contributed by atoms with E-state index in [0.717, 1.165) is 37.8 Å². The number of hydrogen-bond acceptors (Lipinski definition) is 4. The Hall–Kier alpha value is -1.01. The van der Waals surface area contributed by atoms with E-state index in [1.165, 1.54) is 0 Å². The van der Waals surface area contributed by atoms with Crippen molar-refractivity contribution < 1.29 is 18.3 Å². The van der Waals surface area contributed by atoms with Gasteiger partial charge in [-0.3, -0.25) is 9.80 Å². The van der Waals surface area contributed by atoms with Crippen molar-refractivity contribution in [3.8, 4) is 0 Å². The predicted molar refractivity (Wildman–Crippen MR) is 79.2 cm³/mol. The topological polar surface area (TPSA) is 32.8 Å². The third-order valence-electron chi connectivity index (χ3n) is 6.68. The van der Waals surface area contributed by atoms with Crippen LogP contribution in [0.25, 0.3) is 0 Å². The van der Waals surface area contributed by atoms with Gasteiger partial charge in [0, 0.05) is 37.5 Å². The molecule has 1 unspecified atom stereocenters. The summed E-state index contributed by atoms with van der Waals surface area (Å²) >= 11 is 0. The summed E-state index contributed by atoms with van der Waals surface area (Å²) in [5.74, 6) is -2.80. The third-order valence-corrected chi connectivity index (χ3v) is 6.68. The Morgan fingerprint density at radius 3 is 2.87 bits per heavy atom. The first-order chi connectivity index (χ1) is 11.0. The van der Waals surface area contributed by atoms with Gasteiger partial charge in [0.15, 0.2) is 5.60 Å². The number of likely N-dealkylation sites (tertiary alicyclic amines) is 1. The molecule has 0 aromatic heterocycles. The lowest BCUT2D eigenvalue weighted by molar-refractivity contribution is -0.148. The average molecular weight is 324 g/mol. The molecule has 6 heteroatoms. The van der Waals surface area contributed by atoms with Crippen LogP contribution < -0.4 is 0 Å². The number of esters is 1. The van der Waals surface area contributed by atoms with Gasteiger partial charge in [0.25, 0.3) is 5.92 Å². The van der Waals surface area contributed by atoms with Crippen molar-refractivity contribution in [3.63, 3.8) is 0 Å². The van der Waals surface area contributed by atoms with Gasteiger partial charge in [0.2, 0.25) is 0 Å². The summed E-state index contributed by atoms with van der Waals surface area (Å²) in [4.78, 5) is 16.4. The molecule has 0 aromatic rings. The van der Waals surface area contributed by atoms with Crippen molar-refractivity contribution in [1.82, 2.24) is 9.80 Å². The highest BCUT2D eigenvalue weighted by Crippen LogP contribution is 2.55. The van der Waals surface area contributed by atoms with Crippen LogP contribution in [0.4, 0.5) is 8.78 Å². The molecule has 126 valence electrons. The van der Waals surface area contributed by atoms with E-state index in [1.807, 2.05) is 4.90 Å². The van der Waals surface area contributed by atoms with Crippen LogP contribution >= 0.6 is 0 Å². The van der Waals surface area contributed by atoms with E-state index in [4.69, 9.17) is 4.74 Å². The first-order valence-electron chi connectivity index (χ1n) is 8.80. The molecule has 0 aromatic carbocycles. The Balaban J connectivity index is 1.51. The Morgan fingerprint density at radius 2 is 2.09 bits per heavy atom. The molecule has 4 atom stereocenters. The normalized spacial score (nSPS) is 45.6. The zero-order valence-corrected chi connectivity index (χ0v) is 13.1. The molecule has 0 N–H and O–H groups in total. The zero-order chi connectivity index (χ0) is 15.8. The molecule has 0 amide bonds. The fraction of sp³-hybridized carbons (Fsp3) is 0.824. The highest BCUT2D eigenvalue weighted by atomic mass is 19.3. The van der Waals surface area contributed by atoms with Gasteiger partial charge >= 0.3 is 5.97 Å². The molecule has 4 nitrogen and oxygen atoms in total. The molecule has 3 saturated heterocycles. The summed E-state index contributed by atoms with van der Waals surface area (Å²) < 4.78 is 33.2. The van der Waals surface area contributed by atoms with Gasteiger partial charge in [-0.25, -0.2) is 13.6 Å². The van der Waals surface area contributed by atoms with Gasteiger partial charge in [-0.05, 0) is 31.4 Å². The van der Waals surface area contributed by atoms with E-state index >= 15 is 0 Å². The number of fused-ring (bicyclic) bond motifs is 3. The van der Waals surface area contributed by atoms with Crippen LogP contribution in [0.2, 0.25) is 0 Å². The molecule has 0 radical (unpaired) electrons. The summed E-state index contributed by atoms with van der Waals surface area (Å²) in [6.45, 7) is 1.33. The smallest absolute Gasteiger partial charge is 0.331 e. The standard InChI is InChI=1S/C17H22F2N2O2/c18-16(19)4-6-20(10-16)12-7-11-8-15(22)23-17(11)9-13(12)21-5-2-1-3-14(17)21/h8,12-14H,1-7,9-10H2/t12?,13-,14+,17-/m0/s1. The first-order valence-corrected chi connectivity index (χ1v) is 8.80. The second-order valence-corrected chi connectivity index (χ2v) is 7.85. The molecule has 4 fully saturated rings. The van der Waals surface area contributed by atoms with Crippen molar-refractivity contribution in [2.75, 3.05) is 19.6 Å². The summed E-state index contributed by atoms with van der Waals surface area (Å²) in [5.41, 5.74) is 0.620. The summed E-state index contributed by atoms with van der Waals surface area (Å²) in [5, 5.41) is 0. The number of carbonyl (C=O) groups excluding carboxylic acids is 1. The maximum absolute atomic E-state index is 13.7. The number of nitrogens with zero attached hydrogens (tertiary/aromatic N) is 2. The van der Waals surface area contributed by atoms with Crippen LogP contribution in [0, 0.1) is 0 Å². The van der Waals surface area contributed by atoms with Gasteiger partial charge < -0.3 is 4.74 Å². The lowest BCUT2D eigenvalue weighted by Crippen LogP contribution is -2.51. The number of hydrogen-bond donors (Lipinski definition) is 0. The predicted octanol–water partition coefficient (Wildman–Crippen LogP) is 1.95. The second kappa shape index (κ2) is 4.54. The highest BCUT2D eigenvalue weighted by Gasteiger charge is 2.65. The minimum absolute atomic E-state index is 0.0424. The number of carbonyl (C=O) groups is 1. The van der Waals surface area contributed by atoms with Crippen molar-refractivity contribution in [2.45, 2.75) is 68.2 Å². The Kier molecular flexibility index (Phi) is 2.83. The quantitative estimate of drug-likeness (QED) is 0.690. The van der Waals surface area contributed by atoms with E-state index in [0.29, 0.717) is 13.0 Å². The third kappa shape index (κ3) is 1.91. The van der Waals surface area contributed by atoms with Crippen LogP contribution in [-0.4, -0.2) is 65.1 Å². The minimum Gasteiger partial charge on any atom is -0.450 e. The van der Waals surface area contributed by atoms with Gasteiger partial charge in [-0.1, -0.05) is 6.42 Å². The first kappa shape index (κ1) is 14.3. The SMILES string of the molecule is O=C1C=C2CC(N3CCC(F)(F)C3)[C@@H]3C[C@@]2(O1)[C@H]1CCCCN31. The molecular formula is C17H22F2N2O2. The molecule has 5 rings (SSSR count). The van der Waals surface area contributed by atoms with E-state index in [9.17, 15) is 13.6 Å². The van der Waals surface area contributed by atoms with Crippen LogP contribution in [0.1, 0.15) is 38.5 Å². The molecule has 1 aliphatic carbocycles. The zero-order valence-electron chi connectivity index (χ0n) is 13.1. The lowest BCUT2D eigenvalue weighted by Gasteiger charge is -2.40. The monoisotopic (exact) mass is 324 g/mol. The number of alkyl halides is 2. The Bertz CT molecular complexity index is 593.